The van der Waals surface area contributed by atoms with E-state index in [-0.39, 0.29) is 5.69 Å². The van der Waals surface area contributed by atoms with Crippen LogP contribution in [0.25, 0.3) is 11.3 Å². The van der Waals surface area contributed by atoms with E-state index in [9.17, 15) is 10.1 Å². The molecule has 84 valence electrons. The van der Waals surface area contributed by atoms with Gasteiger partial charge in [-0.05, 0) is 12.1 Å². The largest absolute Gasteiger partial charge is 0.269 e. The van der Waals surface area contributed by atoms with Gasteiger partial charge in [0, 0.05) is 17.7 Å². The molecule has 0 aliphatic carbocycles. The molecule has 0 spiro atoms. The van der Waals surface area contributed by atoms with Gasteiger partial charge in [0.1, 0.15) is 6.42 Å². The van der Waals surface area contributed by atoms with Crippen LogP contribution < -0.4 is 4.98 Å². The zero-order valence-corrected chi connectivity index (χ0v) is 9.53. The number of nitrogens with one attached hydrogen (secondary N) is 1. The van der Waals surface area contributed by atoms with Crippen LogP contribution in [0.3, 0.4) is 0 Å². The average molecular weight is 246 g/mol. The quantitative estimate of drug-likeness (QED) is 0.615. The lowest BCUT2D eigenvalue weighted by Crippen LogP contribution is -2.07. The van der Waals surface area contributed by atoms with Crippen molar-refractivity contribution in [2.45, 2.75) is 6.42 Å². The first-order valence-corrected chi connectivity index (χ1v) is 5.70. The first kappa shape index (κ1) is 11.2. The standard InChI is InChI=1S/C11H7N3O2S/c12-6-5-11-13-10(7-17-11)8-1-3-9(4-2-8)14(15)16/h1-4,7H,5H2/p+1. The highest BCUT2D eigenvalue weighted by molar-refractivity contribution is 7.09. The van der Waals surface area contributed by atoms with Crippen molar-refractivity contribution in [3.8, 4) is 17.3 Å². The average Bonchev–Trinajstić information content (AvgIpc) is 2.78. The van der Waals surface area contributed by atoms with Crippen LogP contribution >= 0.6 is 11.3 Å². The van der Waals surface area contributed by atoms with Gasteiger partial charge in [-0.3, -0.25) is 10.1 Å². The molecule has 0 aliphatic heterocycles. The highest BCUT2D eigenvalue weighted by Crippen LogP contribution is 2.21. The predicted molar refractivity (Wildman–Crippen MR) is 62.3 cm³/mol. The van der Waals surface area contributed by atoms with Gasteiger partial charge in [0.05, 0.1) is 16.4 Å². The van der Waals surface area contributed by atoms with Gasteiger partial charge < -0.3 is 0 Å². The van der Waals surface area contributed by atoms with Gasteiger partial charge in [0.2, 0.25) is 10.7 Å². The Hall–Kier alpha value is -2.26. The normalized spacial score (nSPS) is 9.82. The maximum absolute atomic E-state index is 10.5. The molecule has 17 heavy (non-hydrogen) atoms. The van der Waals surface area contributed by atoms with Crippen molar-refractivity contribution in [3.05, 3.63) is 44.8 Å². The molecule has 0 atom stereocenters. The Kier molecular flexibility index (Phi) is 3.12. The number of H-pyrrole nitrogens is 1. The number of aromatic amines is 1. The fourth-order valence-corrected chi connectivity index (χ4v) is 2.17. The summed E-state index contributed by atoms with van der Waals surface area (Å²) in [5, 5.41) is 21.8. The summed E-state index contributed by atoms with van der Waals surface area (Å²) in [5.74, 6) is 0. The molecule has 1 aromatic carbocycles. The van der Waals surface area contributed by atoms with Crippen LogP contribution in [0.2, 0.25) is 0 Å². The topological polar surface area (TPSA) is 81.1 Å². The summed E-state index contributed by atoms with van der Waals surface area (Å²) < 4.78 is 0. The fourth-order valence-electron chi connectivity index (χ4n) is 1.40. The Bertz CT molecular complexity index is 584. The van der Waals surface area contributed by atoms with E-state index < -0.39 is 4.92 Å². The summed E-state index contributed by atoms with van der Waals surface area (Å²) in [6.07, 6.45) is 0.345. The molecule has 0 saturated carbocycles. The number of nitro benzene ring substituents is 1. The third-order valence-corrected chi connectivity index (χ3v) is 3.11. The lowest BCUT2D eigenvalue weighted by molar-refractivity contribution is -0.384. The van der Waals surface area contributed by atoms with Gasteiger partial charge in [-0.1, -0.05) is 11.3 Å². The highest BCUT2D eigenvalue weighted by Gasteiger charge is 2.13. The summed E-state index contributed by atoms with van der Waals surface area (Å²) in [6, 6.07) is 8.36. The van der Waals surface area contributed by atoms with E-state index in [2.05, 4.69) is 11.1 Å². The Morgan fingerprint density at radius 3 is 2.71 bits per heavy atom. The first-order chi connectivity index (χ1) is 8.20. The molecule has 1 aromatic heterocycles. The van der Waals surface area contributed by atoms with E-state index >= 15 is 0 Å². The summed E-state index contributed by atoms with van der Waals surface area (Å²) in [5.41, 5.74) is 1.81. The maximum Gasteiger partial charge on any atom is 0.269 e. The van der Waals surface area contributed by atoms with Gasteiger partial charge in [-0.2, -0.15) is 10.2 Å². The minimum Gasteiger partial charge on any atom is -0.258 e. The molecule has 0 fully saturated rings. The van der Waals surface area contributed by atoms with Crippen molar-refractivity contribution >= 4 is 17.0 Å². The molecule has 0 saturated heterocycles. The number of non-ortho nitro benzene ring substituents is 1. The number of nitro groups is 1. The zero-order valence-electron chi connectivity index (χ0n) is 8.71. The Morgan fingerprint density at radius 1 is 1.41 bits per heavy atom. The number of aromatic nitrogens is 1. The van der Waals surface area contributed by atoms with Crippen molar-refractivity contribution < 1.29 is 9.91 Å². The van der Waals surface area contributed by atoms with Gasteiger partial charge >= 0.3 is 0 Å². The minimum atomic E-state index is -0.428. The molecule has 0 aliphatic rings. The van der Waals surface area contributed by atoms with Crippen molar-refractivity contribution in [2.24, 2.45) is 0 Å². The smallest absolute Gasteiger partial charge is 0.258 e. The lowest BCUT2D eigenvalue weighted by atomic mass is 10.1. The monoisotopic (exact) mass is 246 g/mol. The summed E-state index contributed by atoms with van der Waals surface area (Å²) in [6.45, 7) is 0. The Morgan fingerprint density at radius 2 is 2.12 bits per heavy atom. The Labute approximate surface area is 101 Å². The highest BCUT2D eigenvalue weighted by atomic mass is 32.1. The predicted octanol–water partition coefficient (Wildman–Crippen LogP) is 2.20. The van der Waals surface area contributed by atoms with Crippen LogP contribution in [0, 0.1) is 21.4 Å². The van der Waals surface area contributed by atoms with Crippen molar-refractivity contribution in [3.63, 3.8) is 0 Å². The number of thiazole rings is 1. The first-order valence-electron chi connectivity index (χ1n) is 4.82. The van der Waals surface area contributed by atoms with Gasteiger partial charge in [-0.15, -0.1) is 0 Å². The molecule has 0 amide bonds. The summed E-state index contributed by atoms with van der Waals surface area (Å²) in [7, 11) is 0. The second-order valence-electron chi connectivity index (χ2n) is 3.34. The van der Waals surface area contributed by atoms with E-state index in [1.54, 1.807) is 12.1 Å². The second-order valence-corrected chi connectivity index (χ2v) is 4.30. The molecule has 1 N–H and O–H groups in total. The molecule has 2 aromatic rings. The van der Waals surface area contributed by atoms with Crippen molar-refractivity contribution in [2.75, 3.05) is 0 Å². The van der Waals surface area contributed by atoms with Gasteiger partial charge in [0.15, 0.2) is 0 Å². The summed E-state index contributed by atoms with van der Waals surface area (Å²) in [4.78, 5) is 13.2. The van der Waals surface area contributed by atoms with Crippen LogP contribution in [-0.2, 0) is 6.42 Å². The molecular formula is C11H8N3O2S+. The third kappa shape index (κ3) is 2.46. The van der Waals surface area contributed by atoms with E-state index in [0.29, 0.717) is 6.42 Å². The molecule has 0 bridgehead atoms. The SMILES string of the molecule is N#CCc1[nH+]c(-c2ccc([N+](=O)[O-])cc2)cs1. The van der Waals surface area contributed by atoms with E-state index in [0.717, 1.165) is 16.3 Å². The van der Waals surface area contributed by atoms with Crippen molar-refractivity contribution in [1.29, 1.82) is 5.26 Å². The molecule has 0 unspecified atom stereocenters. The fraction of sp³-hybridized carbons (Fsp3) is 0.0909. The number of benzene rings is 1. The van der Waals surface area contributed by atoms with Crippen LogP contribution in [-0.4, -0.2) is 4.92 Å². The molecule has 2 rings (SSSR count). The zero-order chi connectivity index (χ0) is 12.3. The molecule has 5 nitrogen and oxygen atoms in total. The molecular weight excluding hydrogens is 238 g/mol. The van der Waals surface area contributed by atoms with Gasteiger partial charge in [-0.25, -0.2) is 0 Å². The number of rotatable bonds is 3. The van der Waals surface area contributed by atoms with E-state index in [1.165, 1.54) is 23.5 Å². The van der Waals surface area contributed by atoms with Crippen molar-refractivity contribution in [1.82, 2.24) is 0 Å². The van der Waals surface area contributed by atoms with E-state index in [4.69, 9.17) is 5.26 Å². The van der Waals surface area contributed by atoms with Crippen LogP contribution in [0.4, 0.5) is 5.69 Å². The Balaban J connectivity index is 2.27. The third-order valence-electron chi connectivity index (χ3n) is 2.22. The number of nitrogens with zero attached hydrogens (tertiary/aromatic N) is 2. The number of hydrogen-bond acceptors (Lipinski definition) is 4. The van der Waals surface area contributed by atoms with E-state index in [1.807, 2.05) is 5.38 Å². The van der Waals surface area contributed by atoms with Crippen LogP contribution in [0.15, 0.2) is 29.6 Å². The summed E-state index contributed by atoms with van der Waals surface area (Å²) >= 11 is 1.47. The lowest BCUT2D eigenvalue weighted by Gasteiger charge is -1.92. The minimum absolute atomic E-state index is 0.0706. The van der Waals surface area contributed by atoms with Gasteiger partial charge in [0.25, 0.3) is 5.69 Å². The van der Waals surface area contributed by atoms with Crippen LogP contribution in [0.5, 0.6) is 0 Å². The van der Waals surface area contributed by atoms with Crippen LogP contribution in [0.1, 0.15) is 5.01 Å². The molecule has 0 radical (unpaired) electrons. The number of hydrogen-bond donors (Lipinski definition) is 0. The maximum atomic E-state index is 10.5. The molecule has 1 heterocycles. The second kappa shape index (κ2) is 4.72. The number of nitriles is 1. The molecule has 6 heteroatoms.